The maximum absolute atomic E-state index is 13.5. The van der Waals surface area contributed by atoms with Gasteiger partial charge in [0.25, 0.3) is 0 Å². The first kappa shape index (κ1) is 16.3. The Morgan fingerprint density at radius 3 is 2.79 bits per heavy atom. The molecule has 0 aliphatic heterocycles. The highest BCUT2D eigenvalue weighted by Crippen LogP contribution is 2.25. The molecule has 1 heterocycles. The van der Waals surface area contributed by atoms with Crippen molar-refractivity contribution in [1.82, 2.24) is 4.98 Å². The fourth-order valence-electron chi connectivity index (χ4n) is 2.25. The zero-order valence-electron chi connectivity index (χ0n) is 12.8. The number of aromatic nitrogens is 1. The van der Waals surface area contributed by atoms with Gasteiger partial charge in [0, 0.05) is 17.0 Å². The van der Waals surface area contributed by atoms with Crippen LogP contribution in [0.15, 0.2) is 47.8 Å². The van der Waals surface area contributed by atoms with Crippen LogP contribution in [-0.2, 0) is 11.2 Å². The normalized spacial score (nSPS) is 10.6. The topological polar surface area (TPSA) is 42.0 Å². The zero-order chi connectivity index (χ0) is 17.1. The highest BCUT2D eigenvalue weighted by Gasteiger charge is 2.12. The van der Waals surface area contributed by atoms with Crippen LogP contribution in [0.25, 0.3) is 10.6 Å². The van der Waals surface area contributed by atoms with Crippen LogP contribution < -0.4 is 5.32 Å². The first-order valence-electron chi connectivity index (χ1n) is 7.27. The van der Waals surface area contributed by atoms with E-state index in [1.54, 1.807) is 5.38 Å². The van der Waals surface area contributed by atoms with Crippen LogP contribution in [0.4, 0.5) is 14.5 Å². The van der Waals surface area contributed by atoms with Gasteiger partial charge in [0.05, 0.1) is 17.8 Å². The van der Waals surface area contributed by atoms with Gasteiger partial charge in [-0.1, -0.05) is 23.8 Å². The molecular formula is C18H14F2N2OS. The summed E-state index contributed by atoms with van der Waals surface area (Å²) in [4.78, 5) is 16.5. The largest absolute Gasteiger partial charge is 0.323 e. The van der Waals surface area contributed by atoms with Crippen molar-refractivity contribution >= 4 is 22.9 Å². The molecule has 0 aliphatic carbocycles. The number of halogens is 2. The minimum absolute atomic E-state index is 0.0269. The smallest absolute Gasteiger partial charge is 0.230 e. The van der Waals surface area contributed by atoms with Gasteiger partial charge in [-0.3, -0.25) is 4.79 Å². The van der Waals surface area contributed by atoms with Gasteiger partial charge in [0.2, 0.25) is 5.91 Å². The summed E-state index contributed by atoms with van der Waals surface area (Å²) in [6.07, 6.45) is 0.0269. The Hall–Kier alpha value is -2.60. The van der Waals surface area contributed by atoms with Gasteiger partial charge in [-0.25, -0.2) is 13.8 Å². The van der Waals surface area contributed by atoms with Gasteiger partial charge >= 0.3 is 0 Å². The van der Waals surface area contributed by atoms with E-state index in [4.69, 9.17) is 0 Å². The molecule has 1 amide bonds. The number of carbonyl (C=O) groups excluding carboxylic acids is 1. The quantitative estimate of drug-likeness (QED) is 0.753. The van der Waals surface area contributed by atoms with Gasteiger partial charge < -0.3 is 5.32 Å². The highest BCUT2D eigenvalue weighted by atomic mass is 32.1. The second-order valence-electron chi connectivity index (χ2n) is 5.36. The minimum atomic E-state index is -0.804. The van der Waals surface area contributed by atoms with Crippen molar-refractivity contribution in [2.75, 3.05) is 5.32 Å². The van der Waals surface area contributed by atoms with Crippen molar-refractivity contribution < 1.29 is 13.6 Å². The molecule has 1 N–H and O–H groups in total. The molecule has 3 nitrogen and oxygen atoms in total. The summed E-state index contributed by atoms with van der Waals surface area (Å²) in [5, 5.41) is 5.06. The summed E-state index contributed by atoms with van der Waals surface area (Å²) < 4.78 is 26.4. The number of aryl methyl sites for hydroxylation is 1. The monoisotopic (exact) mass is 344 g/mol. The molecule has 0 atom stereocenters. The number of nitrogens with zero attached hydrogens (tertiary/aromatic N) is 1. The predicted molar refractivity (Wildman–Crippen MR) is 91.0 cm³/mol. The summed E-state index contributed by atoms with van der Waals surface area (Å²) in [5.74, 6) is -1.89. The second-order valence-corrected chi connectivity index (χ2v) is 6.22. The van der Waals surface area contributed by atoms with E-state index in [1.807, 2.05) is 31.2 Å². The average molecular weight is 344 g/mol. The molecule has 0 bridgehead atoms. The lowest BCUT2D eigenvalue weighted by Gasteiger charge is -2.05. The Balaban J connectivity index is 1.69. The lowest BCUT2D eigenvalue weighted by Crippen LogP contribution is -2.15. The summed E-state index contributed by atoms with van der Waals surface area (Å²) in [6.45, 7) is 2.00. The molecule has 122 valence electrons. The van der Waals surface area contributed by atoms with E-state index in [0.29, 0.717) is 5.69 Å². The number of thiazole rings is 1. The van der Waals surface area contributed by atoms with E-state index in [-0.39, 0.29) is 12.1 Å². The van der Waals surface area contributed by atoms with Crippen molar-refractivity contribution in [2.45, 2.75) is 13.3 Å². The van der Waals surface area contributed by atoms with Crippen molar-refractivity contribution in [3.8, 4) is 10.6 Å². The third-order valence-corrected chi connectivity index (χ3v) is 4.30. The Labute approximate surface area is 142 Å². The molecule has 0 saturated carbocycles. The molecular weight excluding hydrogens is 330 g/mol. The number of anilines is 1. The zero-order valence-corrected chi connectivity index (χ0v) is 13.7. The van der Waals surface area contributed by atoms with Gasteiger partial charge in [-0.2, -0.15) is 0 Å². The van der Waals surface area contributed by atoms with Gasteiger partial charge in [0.1, 0.15) is 16.6 Å². The molecule has 0 spiro atoms. The Bertz CT molecular complexity index is 892. The SMILES string of the molecule is Cc1cccc(-c2nc(CC(=O)Nc3ccc(F)cc3F)cs2)c1. The van der Waals surface area contributed by atoms with Crippen LogP contribution >= 0.6 is 11.3 Å². The summed E-state index contributed by atoms with van der Waals surface area (Å²) >= 11 is 1.45. The van der Waals surface area contributed by atoms with Crippen LogP contribution in [0.2, 0.25) is 0 Å². The summed E-state index contributed by atoms with van der Waals surface area (Å²) in [7, 11) is 0. The van der Waals surface area contributed by atoms with E-state index in [2.05, 4.69) is 10.3 Å². The maximum atomic E-state index is 13.5. The number of benzene rings is 2. The lowest BCUT2D eigenvalue weighted by molar-refractivity contribution is -0.115. The molecule has 24 heavy (non-hydrogen) atoms. The molecule has 3 rings (SSSR count). The third kappa shape index (κ3) is 3.83. The van der Waals surface area contributed by atoms with Crippen LogP contribution in [0, 0.1) is 18.6 Å². The van der Waals surface area contributed by atoms with Crippen LogP contribution in [0.3, 0.4) is 0 Å². The average Bonchev–Trinajstić information content (AvgIpc) is 2.98. The Kier molecular flexibility index (Phi) is 4.66. The highest BCUT2D eigenvalue weighted by molar-refractivity contribution is 7.13. The lowest BCUT2D eigenvalue weighted by atomic mass is 10.1. The second kappa shape index (κ2) is 6.88. The van der Waals surface area contributed by atoms with Crippen LogP contribution in [0.1, 0.15) is 11.3 Å². The predicted octanol–water partition coefficient (Wildman–Crippen LogP) is 4.58. The van der Waals surface area contributed by atoms with Crippen molar-refractivity contribution in [3.63, 3.8) is 0 Å². The van der Waals surface area contributed by atoms with Gasteiger partial charge in [-0.05, 0) is 25.1 Å². The molecule has 0 saturated heterocycles. The third-order valence-electron chi connectivity index (χ3n) is 3.36. The molecule has 3 aromatic rings. The molecule has 0 unspecified atom stereocenters. The molecule has 2 aromatic carbocycles. The molecule has 1 aromatic heterocycles. The van der Waals surface area contributed by atoms with Crippen LogP contribution in [-0.4, -0.2) is 10.9 Å². The van der Waals surface area contributed by atoms with Crippen LogP contribution in [0.5, 0.6) is 0 Å². The number of amides is 1. The fraction of sp³-hybridized carbons (Fsp3) is 0.111. The molecule has 0 radical (unpaired) electrons. The number of carbonyl (C=O) groups is 1. The van der Waals surface area contributed by atoms with E-state index in [0.717, 1.165) is 28.3 Å². The maximum Gasteiger partial charge on any atom is 0.230 e. The Morgan fingerprint density at radius 1 is 1.21 bits per heavy atom. The van der Waals surface area contributed by atoms with Gasteiger partial charge in [-0.15, -0.1) is 11.3 Å². The minimum Gasteiger partial charge on any atom is -0.323 e. The molecule has 0 aliphatic rings. The summed E-state index contributed by atoms with van der Waals surface area (Å²) in [5.41, 5.74) is 2.69. The van der Waals surface area contributed by atoms with Crippen molar-refractivity contribution in [2.24, 2.45) is 0 Å². The number of hydrogen-bond acceptors (Lipinski definition) is 3. The number of hydrogen-bond donors (Lipinski definition) is 1. The Morgan fingerprint density at radius 2 is 2.04 bits per heavy atom. The van der Waals surface area contributed by atoms with E-state index in [9.17, 15) is 13.6 Å². The first-order chi connectivity index (χ1) is 11.5. The fourth-order valence-corrected chi connectivity index (χ4v) is 3.07. The van der Waals surface area contributed by atoms with E-state index in [1.165, 1.54) is 17.4 Å². The number of rotatable bonds is 4. The van der Waals surface area contributed by atoms with E-state index >= 15 is 0 Å². The van der Waals surface area contributed by atoms with E-state index < -0.39 is 17.5 Å². The van der Waals surface area contributed by atoms with Gasteiger partial charge in [0.15, 0.2) is 0 Å². The van der Waals surface area contributed by atoms with Crippen molar-refractivity contribution in [1.29, 1.82) is 0 Å². The number of nitrogens with one attached hydrogen (secondary N) is 1. The summed E-state index contributed by atoms with van der Waals surface area (Å²) in [6, 6.07) is 11.0. The first-order valence-corrected chi connectivity index (χ1v) is 8.15. The molecule has 0 fully saturated rings. The molecule has 6 heteroatoms. The standard InChI is InChI=1S/C18H14F2N2OS/c1-11-3-2-4-12(7-11)18-21-14(10-24-18)9-17(23)22-16-6-5-13(19)8-15(16)20/h2-8,10H,9H2,1H3,(H,22,23). The van der Waals surface area contributed by atoms with Crippen molar-refractivity contribution in [3.05, 3.63) is 70.7 Å².